The summed E-state index contributed by atoms with van der Waals surface area (Å²) in [5.41, 5.74) is 1.64. The number of hydrogen-bond acceptors (Lipinski definition) is 4. The molecule has 0 fully saturated rings. The van der Waals surface area contributed by atoms with Gasteiger partial charge < -0.3 is 5.11 Å². The van der Waals surface area contributed by atoms with Crippen LogP contribution >= 0.6 is 11.3 Å². The van der Waals surface area contributed by atoms with Crippen LogP contribution in [0, 0.1) is 0 Å². The standard InChI is InChI=1S/C52H76F3NO4S2/c1-4-6-8-10-12-17-21-25-34-51(3,35-26-22-18-13-11-9-7-5-2)44-28-27-30-48(40-44)62(59,60)56-46(39-43-38-45(52(53,54)55)32-33-49(43)56)36-42-37-47(61-41-42)29-23-19-15-14-16-20-24-31-50(57)58/h27-28,30,32-33,37-41H,4-26,29,31,34-36H2,1-3H3,(H,57,58). The monoisotopic (exact) mass is 900 g/mol. The van der Waals surface area contributed by atoms with Gasteiger partial charge in [-0.3, -0.25) is 4.79 Å². The molecule has 0 amide bonds. The first-order chi connectivity index (χ1) is 29.8. The van der Waals surface area contributed by atoms with Crippen molar-refractivity contribution in [3.8, 4) is 0 Å². The summed E-state index contributed by atoms with van der Waals surface area (Å²) in [6, 6.07) is 14.5. The van der Waals surface area contributed by atoms with Gasteiger partial charge in [-0.05, 0) is 96.5 Å². The quantitative estimate of drug-likeness (QED) is 0.0483. The number of unbranched alkanes of at least 4 members (excludes halogenated alkanes) is 20. The molecule has 0 unspecified atom stereocenters. The summed E-state index contributed by atoms with van der Waals surface area (Å²) in [6.45, 7) is 6.78. The summed E-state index contributed by atoms with van der Waals surface area (Å²) < 4.78 is 72.9. The Labute approximate surface area is 376 Å². The Morgan fingerprint density at radius 2 is 1.21 bits per heavy atom. The summed E-state index contributed by atoms with van der Waals surface area (Å²) in [5.74, 6) is -0.740. The van der Waals surface area contributed by atoms with Crippen LogP contribution in [0.5, 0.6) is 0 Å². The molecular formula is C52H76F3NO4S2. The van der Waals surface area contributed by atoms with Gasteiger partial charge >= 0.3 is 12.1 Å². The number of alkyl halides is 3. The van der Waals surface area contributed by atoms with E-state index in [0.717, 1.165) is 113 Å². The van der Waals surface area contributed by atoms with Crippen molar-refractivity contribution in [3.05, 3.63) is 87.2 Å². The summed E-state index contributed by atoms with van der Waals surface area (Å²) >= 11 is 1.64. The predicted molar refractivity (Wildman–Crippen MR) is 253 cm³/mol. The van der Waals surface area contributed by atoms with Gasteiger partial charge in [0.1, 0.15) is 0 Å². The highest BCUT2D eigenvalue weighted by molar-refractivity contribution is 7.90. The maximum absolute atomic E-state index is 14.9. The minimum Gasteiger partial charge on any atom is -0.481 e. The molecule has 0 aliphatic heterocycles. The fraction of sp³-hybridized carbons (Fsp3) is 0.635. The lowest BCUT2D eigenvalue weighted by atomic mass is 9.74. The Hall–Kier alpha value is -3.11. The van der Waals surface area contributed by atoms with Crippen LogP contribution in [0.2, 0.25) is 0 Å². The van der Waals surface area contributed by atoms with Crippen molar-refractivity contribution < 1.29 is 31.5 Å². The number of fused-ring (bicyclic) bond motifs is 1. The first-order valence-electron chi connectivity index (χ1n) is 24.1. The van der Waals surface area contributed by atoms with E-state index in [1.165, 1.54) is 92.0 Å². The number of benzene rings is 2. The molecule has 0 saturated carbocycles. The molecule has 346 valence electrons. The van der Waals surface area contributed by atoms with E-state index < -0.39 is 27.7 Å². The fourth-order valence-corrected chi connectivity index (χ4v) is 11.5. The van der Waals surface area contributed by atoms with E-state index in [1.807, 2.05) is 17.5 Å². The fourth-order valence-electron chi connectivity index (χ4n) is 9.00. The zero-order valence-electron chi connectivity index (χ0n) is 38.1. The molecule has 2 aromatic heterocycles. The molecule has 10 heteroatoms. The molecule has 0 radical (unpaired) electrons. The first-order valence-corrected chi connectivity index (χ1v) is 26.5. The molecule has 2 aromatic carbocycles. The second-order valence-electron chi connectivity index (χ2n) is 18.2. The van der Waals surface area contributed by atoms with Gasteiger partial charge in [0.25, 0.3) is 10.0 Å². The van der Waals surface area contributed by atoms with Crippen LogP contribution in [0.1, 0.15) is 215 Å². The Morgan fingerprint density at radius 3 is 1.77 bits per heavy atom. The number of thiophene rings is 1. The van der Waals surface area contributed by atoms with Crippen LogP contribution < -0.4 is 0 Å². The Kier molecular flexibility index (Phi) is 22.1. The smallest absolute Gasteiger partial charge is 0.416 e. The van der Waals surface area contributed by atoms with Gasteiger partial charge in [0, 0.05) is 28.8 Å². The molecule has 4 rings (SSSR count). The highest BCUT2D eigenvalue weighted by atomic mass is 32.2. The van der Waals surface area contributed by atoms with E-state index in [1.54, 1.807) is 23.5 Å². The van der Waals surface area contributed by atoms with Crippen LogP contribution in [0.4, 0.5) is 13.2 Å². The number of carboxylic acid groups (broad SMARTS) is 1. The average molecular weight is 900 g/mol. The maximum Gasteiger partial charge on any atom is 0.416 e. The van der Waals surface area contributed by atoms with Gasteiger partial charge in [-0.1, -0.05) is 168 Å². The van der Waals surface area contributed by atoms with Crippen LogP contribution in [0.3, 0.4) is 0 Å². The Morgan fingerprint density at radius 1 is 0.661 bits per heavy atom. The third-order valence-corrected chi connectivity index (χ3v) is 15.6. The second kappa shape index (κ2) is 26.6. The largest absolute Gasteiger partial charge is 0.481 e. The Balaban J connectivity index is 1.55. The molecule has 5 nitrogen and oxygen atoms in total. The number of nitrogens with zero attached hydrogens (tertiary/aromatic N) is 1. The number of aromatic nitrogens is 1. The lowest BCUT2D eigenvalue weighted by Crippen LogP contribution is -2.23. The van der Waals surface area contributed by atoms with Gasteiger partial charge in [0.2, 0.25) is 0 Å². The topological polar surface area (TPSA) is 76.4 Å². The highest BCUT2D eigenvalue weighted by Crippen LogP contribution is 2.39. The number of carbonyl (C=O) groups is 1. The van der Waals surface area contributed by atoms with E-state index in [2.05, 4.69) is 32.9 Å². The molecule has 0 atom stereocenters. The zero-order chi connectivity index (χ0) is 44.9. The molecular weight excluding hydrogens is 824 g/mol. The molecule has 0 aliphatic carbocycles. The van der Waals surface area contributed by atoms with E-state index in [-0.39, 0.29) is 34.1 Å². The normalized spacial score (nSPS) is 12.5. The lowest BCUT2D eigenvalue weighted by molar-refractivity contribution is -0.138. The summed E-state index contributed by atoms with van der Waals surface area (Å²) in [7, 11) is -4.20. The van der Waals surface area contributed by atoms with Crippen molar-refractivity contribution in [1.29, 1.82) is 0 Å². The molecule has 0 saturated heterocycles. The molecule has 4 aromatic rings. The van der Waals surface area contributed by atoms with Gasteiger partial charge in [0.05, 0.1) is 16.0 Å². The number of carboxylic acids is 1. The second-order valence-corrected chi connectivity index (χ2v) is 21.0. The average Bonchev–Trinajstić information content (AvgIpc) is 3.85. The first kappa shape index (κ1) is 51.5. The van der Waals surface area contributed by atoms with Gasteiger partial charge in [-0.15, -0.1) is 11.3 Å². The summed E-state index contributed by atoms with van der Waals surface area (Å²) in [6.07, 6.45) is 25.5. The van der Waals surface area contributed by atoms with Crippen LogP contribution in [0.25, 0.3) is 10.9 Å². The molecule has 0 spiro atoms. The molecule has 1 N–H and O–H groups in total. The summed E-state index contributed by atoms with van der Waals surface area (Å²) in [4.78, 5) is 12.1. The third-order valence-electron chi connectivity index (χ3n) is 12.8. The van der Waals surface area contributed by atoms with E-state index >= 15 is 0 Å². The lowest BCUT2D eigenvalue weighted by Gasteiger charge is -2.31. The van der Waals surface area contributed by atoms with Crippen LogP contribution in [0.15, 0.2) is 64.9 Å². The molecule has 62 heavy (non-hydrogen) atoms. The number of halogens is 3. The SMILES string of the molecule is CCCCCCCCCCC(C)(CCCCCCCCCC)c1cccc(S(=O)(=O)n2c(Cc3csc(CCCCCCCCCC(=O)O)c3)cc3cc(C(F)(F)F)ccc32)c1. The van der Waals surface area contributed by atoms with Crippen molar-refractivity contribution in [2.24, 2.45) is 0 Å². The van der Waals surface area contributed by atoms with Gasteiger partial charge in [-0.2, -0.15) is 13.2 Å². The van der Waals surface area contributed by atoms with Gasteiger partial charge in [-0.25, -0.2) is 12.4 Å². The molecule has 0 bridgehead atoms. The predicted octanol–water partition coefficient (Wildman–Crippen LogP) is 16.6. The molecule has 0 aliphatic rings. The highest BCUT2D eigenvalue weighted by Gasteiger charge is 2.33. The minimum atomic E-state index is -4.55. The number of hydrogen-bond donors (Lipinski definition) is 1. The Bertz CT molecular complexity index is 1990. The van der Waals surface area contributed by atoms with Crippen molar-refractivity contribution in [2.75, 3.05) is 0 Å². The van der Waals surface area contributed by atoms with Crippen molar-refractivity contribution in [2.45, 2.75) is 217 Å². The van der Waals surface area contributed by atoms with E-state index in [4.69, 9.17) is 5.11 Å². The zero-order valence-corrected chi connectivity index (χ0v) is 39.8. The van der Waals surface area contributed by atoms with Crippen molar-refractivity contribution in [3.63, 3.8) is 0 Å². The van der Waals surface area contributed by atoms with E-state index in [0.29, 0.717) is 5.69 Å². The summed E-state index contributed by atoms with van der Waals surface area (Å²) in [5, 5.41) is 11.1. The van der Waals surface area contributed by atoms with Crippen molar-refractivity contribution >= 4 is 38.2 Å². The number of rotatable bonds is 33. The number of aliphatic carboxylic acids is 1. The van der Waals surface area contributed by atoms with Crippen LogP contribution in [-0.4, -0.2) is 23.5 Å². The maximum atomic E-state index is 14.9. The molecule has 2 heterocycles. The minimum absolute atomic E-state index is 0.166. The van der Waals surface area contributed by atoms with E-state index in [9.17, 15) is 26.4 Å². The van der Waals surface area contributed by atoms with Crippen molar-refractivity contribution in [1.82, 2.24) is 3.97 Å². The third kappa shape index (κ3) is 16.8. The van der Waals surface area contributed by atoms with Crippen LogP contribution in [-0.2, 0) is 39.3 Å². The number of aryl methyl sites for hydroxylation is 1. The van der Waals surface area contributed by atoms with Gasteiger partial charge in [0.15, 0.2) is 0 Å².